The second kappa shape index (κ2) is 11.4. The van der Waals surface area contributed by atoms with Crippen LogP contribution in [-0.2, 0) is 14.3 Å². The molecular weight excluding hydrogens is 448 g/mol. The van der Waals surface area contributed by atoms with Gasteiger partial charge >= 0.3 is 12.1 Å². The van der Waals surface area contributed by atoms with Gasteiger partial charge in [0.2, 0.25) is 5.91 Å². The van der Waals surface area contributed by atoms with Crippen LogP contribution >= 0.6 is 0 Å². The van der Waals surface area contributed by atoms with Gasteiger partial charge in [-0.15, -0.1) is 0 Å². The minimum absolute atomic E-state index is 0.0255. The van der Waals surface area contributed by atoms with E-state index < -0.39 is 18.6 Å². The Morgan fingerprint density at radius 1 is 0.971 bits per heavy atom. The van der Waals surface area contributed by atoms with Crippen LogP contribution in [0.3, 0.4) is 0 Å². The van der Waals surface area contributed by atoms with Gasteiger partial charge in [-0.3, -0.25) is 9.59 Å². The number of nitrogens with one attached hydrogen (secondary N) is 1. The molecular formula is C27H32N2O6. The second-order valence-electron chi connectivity index (χ2n) is 9.26. The Morgan fingerprint density at radius 3 is 2.23 bits per heavy atom. The van der Waals surface area contributed by atoms with Crippen molar-refractivity contribution in [3.8, 4) is 11.1 Å². The summed E-state index contributed by atoms with van der Waals surface area (Å²) in [5.74, 6) is -1.58. The van der Waals surface area contributed by atoms with Crippen molar-refractivity contribution in [1.82, 2.24) is 10.2 Å². The number of alkyl carbamates (subject to hydrolysis) is 1. The molecule has 3 N–H and O–H groups in total. The molecule has 0 unspecified atom stereocenters. The maximum Gasteiger partial charge on any atom is 0.407 e. The summed E-state index contributed by atoms with van der Waals surface area (Å²) in [7, 11) is 0. The van der Waals surface area contributed by atoms with Crippen molar-refractivity contribution in [2.24, 2.45) is 5.92 Å². The van der Waals surface area contributed by atoms with Crippen molar-refractivity contribution in [3.05, 3.63) is 59.7 Å². The second-order valence-corrected chi connectivity index (χ2v) is 9.26. The number of fused-ring (bicyclic) bond motifs is 3. The standard InChI is InChI=1S/C27H32N2O6/c30-14-13-29(16-26(32)33)25(31)15-18-7-1-6-12-24(18)28-27(34)35-17-23-21-10-4-2-8-19(21)20-9-3-5-11-22(20)23/h2-5,8-11,18,23-24,30H,1,6-7,12-17H2,(H,28,34)(H,32,33)/t18-,24-/m0/s1. The molecule has 0 saturated heterocycles. The summed E-state index contributed by atoms with van der Waals surface area (Å²) < 4.78 is 5.68. The topological polar surface area (TPSA) is 116 Å². The molecule has 2 aliphatic carbocycles. The summed E-state index contributed by atoms with van der Waals surface area (Å²) in [4.78, 5) is 37.7. The molecule has 8 nitrogen and oxygen atoms in total. The third-order valence-corrected chi connectivity index (χ3v) is 7.04. The van der Waals surface area contributed by atoms with Crippen LogP contribution in [0.4, 0.5) is 4.79 Å². The van der Waals surface area contributed by atoms with E-state index in [0.717, 1.165) is 52.8 Å². The Bertz CT molecular complexity index is 1030. The van der Waals surface area contributed by atoms with Crippen LogP contribution in [0, 0.1) is 5.92 Å². The molecule has 2 aromatic carbocycles. The molecule has 0 radical (unpaired) electrons. The van der Waals surface area contributed by atoms with E-state index in [1.807, 2.05) is 24.3 Å². The van der Waals surface area contributed by atoms with Crippen LogP contribution in [0.5, 0.6) is 0 Å². The fourth-order valence-electron chi connectivity index (χ4n) is 5.36. The number of carboxylic acid groups (broad SMARTS) is 1. The highest BCUT2D eigenvalue weighted by Gasteiger charge is 2.32. The number of aliphatic carboxylic acids is 1. The number of hydrogen-bond acceptors (Lipinski definition) is 5. The van der Waals surface area contributed by atoms with Gasteiger partial charge in [-0.25, -0.2) is 4.79 Å². The SMILES string of the molecule is O=C(O)CN(CCO)C(=O)C[C@@H]1CCCC[C@@H]1NC(=O)OCC1c2ccccc2-c2ccccc21. The van der Waals surface area contributed by atoms with Gasteiger partial charge < -0.3 is 25.2 Å². The zero-order valence-corrected chi connectivity index (χ0v) is 19.7. The predicted octanol–water partition coefficient (Wildman–Crippen LogP) is 3.38. The van der Waals surface area contributed by atoms with Crippen LogP contribution in [0.2, 0.25) is 0 Å². The molecule has 1 saturated carbocycles. The molecule has 2 aromatic rings. The van der Waals surface area contributed by atoms with Gasteiger partial charge in [-0.2, -0.15) is 0 Å². The fraction of sp³-hybridized carbons (Fsp3) is 0.444. The van der Waals surface area contributed by atoms with Crippen molar-refractivity contribution in [1.29, 1.82) is 0 Å². The van der Waals surface area contributed by atoms with E-state index in [1.165, 1.54) is 0 Å². The summed E-state index contributed by atoms with van der Waals surface area (Å²) >= 11 is 0. The predicted molar refractivity (Wildman–Crippen MR) is 130 cm³/mol. The van der Waals surface area contributed by atoms with Gasteiger partial charge in [0, 0.05) is 24.9 Å². The number of nitrogens with zero attached hydrogens (tertiary/aromatic N) is 1. The number of aliphatic hydroxyl groups is 1. The van der Waals surface area contributed by atoms with Crippen molar-refractivity contribution >= 4 is 18.0 Å². The molecule has 8 heteroatoms. The van der Waals surface area contributed by atoms with Crippen molar-refractivity contribution in [2.45, 2.75) is 44.1 Å². The number of carbonyl (C=O) groups is 3. The molecule has 35 heavy (non-hydrogen) atoms. The van der Waals surface area contributed by atoms with Crippen molar-refractivity contribution in [2.75, 3.05) is 26.3 Å². The Balaban J connectivity index is 1.36. The van der Waals surface area contributed by atoms with Crippen LogP contribution in [0.25, 0.3) is 11.1 Å². The highest BCUT2D eigenvalue weighted by atomic mass is 16.5. The highest BCUT2D eigenvalue weighted by molar-refractivity contribution is 5.82. The van der Waals surface area contributed by atoms with Crippen LogP contribution < -0.4 is 5.32 Å². The Kier molecular flexibility index (Phi) is 8.02. The first-order chi connectivity index (χ1) is 17.0. The van der Waals surface area contributed by atoms with E-state index in [1.54, 1.807) is 0 Å². The molecule has 0 spiro atoms. The average molecular weight is 481 g/mol. The maximum atomic E-state index is 12.8. The van der Waals surface area contributed by atoms with Crippen molar-refractivity contribution in [3.63, 3.8) is 0 Å². The Hall–Kier alpha value is -3.39. The first kappa shape index (κ1) is 24.7. The Morgan fingerprint density at radius 2 is 1.60 bits per heavy atom. The van der Waals surface area contributed by atoms with E-state index in [2.05, 4.69) is 29.6 Å². The average Bonchev–Trinajstić information content (AvgIpc) is 3.17. The van der Waals surface area contributed by atoms with Crippen molar-refractivity contribution < 1.29 is 29.3 Å². The molecule has 1 fully saturated rings. The maximum absolute atomic E-state index is 12.8. The number of rotatable bonds is 9. The largest absolute Gasteiger partial charge is 0.480 e. The van der Waals surface area contributed by atoms with E-state index in [9.17, 15) is 19.5 Å². The third kappa shape index (κ3) is 5.82. The number of carbonyl (C=O) groups excluding carboxylic acids is 2. The van der Waals surface area contributed by atoms with Gasteiger partial charge in [0.15, 0.2) is 0 Å². The molecule has 0 aromatic heterocycles. The van der Waals surface area contributed by atoms with Gasteiger partial charge in [0.1, 0.15) is 13.2 Å². The van der Waals surface area contributed by atoms with E-state index in [0.29, 0.717) is 0 Å². The van der Waals surface area contributed by atoms with Crippen LogP contribution in [0.15, 0.2) is 48.5 Å². The van der Waals surface area contributed by atoms with Crippen LogP contribution in [-0.4, -0.2) is 65.4 Å². The zero-order chi connectivity index (χ0) is 24.8. The summed E-state index contributed by atoms with van der Waals surface area (Å²) in [6.07, 6.45) is 3.01. The van der Waals surface area contributed by atoms with Crippen LogP contribution in [0.1, 0.15) is 49.1 Å². The normalized spacial score (nSPS) is 18.9. The van der Waals surface area contributed by atoms with Gasteiger partial charge in [-0.05, 0) is 41.0 Å². The molecule has 2 amide bonds. The smallest absolute Gasteiger partial charge is 0.407 e. The third-order valence-electron chi connectivity index (χ3n) is 7.04. The number of carboxylic acids is 1. The lowest BCUT2D eigenvalue weighted by Crippen LogP contribution is -2.45. The lowest BCUT2D eigenvalue weighted by molar-refractivity contribution is -0.145. The van der Waals surface area contributed by atoms with E-state index in [4.69, 9.17) is 9.84 Å². The summed E-state index contributed by atoms with van der Waals surface area (Å²) in [5.41, 5.74) is 4.61. The molecule has 2 atom stereocenters. The van der Waals surface area contributed by atoms with Gasteiger partial charge in [-0.1, -0.05) is 61.4 Å². The lowest BCUT2D eigenvalue weighted by Gasteiger charge is -2.33. The number of ether oxygens (including phenoxy) is 1. The monoisotopic (exact) mass is 480 g/mol. The number of aliphatic hydroxyl groups excluding tert-OH is 1. The quantitative estimate of drug-likeness (QED) is 0.507. The van der Waals surface area contributed by atoms with Gasteiger partial charge in [0.25, 0.3) is 0 Å². The zero-order valence-electron chi connectivity index (χ0n) is 19.7. The summed E-state index contributed by atoms with van der Waals surface area (Å²) in [5, 5.41) is 21.2. The lowest BCUT2D eigenvalue weighted by atomic mass is 9.82. The molecule has 0 aliphatic heterocycles. The Labute approximate surface area is 204 Å². The first-order valence-electron chi connectivity index (χ1n) is 12.2. The molecule has 4 rings (SSSR count). The number of amides is 2. The van der Waals surface area contributed by atoms with E-state index >= 15 is 0 Å². The molecule has 0 bridgehead atoms. The number of hydrogen-bond donors (Lipinski definition) is 3. The molecule has 2 aliphatic rings. The molecule has 0 heterocycles. The summed E-state index contributed by atoms with van der Waals surface area (Å²) in [6, 6.07) is 16.1. The number of benzene rings is 2. The highest BCUT2D eigenvalue weighted by Crippen LogP contribution is 2.44. The van der Waals surface area contributed by atoms with E-state index in [-0.39, 0.29) is 50.0 Å². The summed E-state index contributed by atoms with van der Waals surface area (Å²) in [6.45, 7) is -0.552. The first-order valence-corrected chi connectivity index (χ1v) is 12.2. The molecule has 186 valence electrons. The fourth-order valence-corrected chi connectivity index (χ4v) is 5.36. The minimum atomic E-state index is -1.12. The van der Waals surface area contributed by atoms with Gasteiger partial charge in [0.05, 0.1) is 6.61 Å². The minimum Gasteiger partial charge on any atom is -0.480 e.